The molecule has 1 aliphatic heterocycles. The van der Waals surface area contributed by atoms with Gasteiger partial charge in [0, 0.05) is 19.1 Å². The number of hydrogen-bond acceptors (Lipinski definition) is 1. The summed E-state index contributed by atoms with van der Waals surface area (Å²) in [4.78, 5) is 2.51. The van der Waals surface area contributed by atoms with Crippen molar-refractivity contribution in [1.82, 2.24) is 4.90 Å². The molecule has 0 fully saturated rings. The van der Waals surface area contributed by atoms with Crippen LogP contribution in [0.4, 0.5) is 0 Å². The fraction of sp³-hybridized carbons (Fsp3) is 0.833. The van der Waals surface area contributed by atoms with E-state index in [-0.39, 0.29) is 0 Å². The van der Waals surface area contributed by atoms with Crippen LogP contribution in [0.5, 0.6) is 0 Å². The van der Waals surface area contributed by atoms with Crippen molar-refractivity contribution in [3.63, 3.8) is 0 Å². The molecule has 0 aromatic carbocycles. The van der Waals surface area contributed by atoms with Crippen LogP contribution in [0, 0.1) is 0 Å². The Kier molecular flexibility index (Phi) is 6.97. The van der Waals surface area contributed by atoms with E-state index < -0.39 is 0 Å². The van der Waals surface area contributed by atoms with E-state index in [1.165, 1.54) is 25.9 Å². The van der Waals surface area contributed by atoms with Gasteiger partial charge in [-0.05, 0) is 26.7 Å². The van der Waals surface area contributed by atoms with E-state index in [0.29, 0.717) is 6.04 Å². The molecular weight excluding hydrogens is 158 g/mol. The zero-order valence-electron chi connectivity index (χ0n) is 9.93. The van der Waals surface area contributed by atoms with E-state index in [2.05, 4.69) is 31.7 Å². The third-order valence-electron chi connectivity index (χ3n) is 2.52. The second-order valence-electron chi connectivity index (χ2n) is 3.55. The zero-order valence-corrected chi connectivity index (χ0v) is 9.93. The molecular formula is C12H25N. The molecule has 0 saturated heterocycles. The standard InChI is InChI=1S/C10H19N.C2H6/c1-4-10-5-7-11(8-6-10)9(2)3;1-2/h5,9H,4,6-8H2,1-3H3;1-2H3. The summed E-state index contributed by atoms with van der Waals surface area (Å²) in [6.45, 7) is 13.2. The predicted octanol–water partition coefficient (Wildman–Crippen LogP) is 3.46. The van der Waals surface area contributed by atoms with Crippen LogP contribution in [0.3, 0.4) is 0 Å². The molecule has 1 heteroatoms. The first-order valence-electron chi connectivity index (χ1n) is 5.66. The minimum absolute atomic E-state index is 0.713. The summed E-state index contributed by atoms with van der Waals surface area (Å²) < 4.78 is 0. The summed E-state index contributed by atoms with van der Waals surface area (Å²) >= 11 is 0. The van der Waals surface area contributed by atoms with E-state index in [0.717, 1.165) is 0 Å². The number of nitrogens with zero attached hydrogens (tertiary/aromatic N) is 1. The number of rotatable bonds is 2. The van der Waals surface area contributed by atoms with Gasteiger partial charge in [-0.25, -0.2) is 0 Å². The van der Waals surface area contributed by atoms with E-state index in [1.54, 1.807) is 5.57 Å². The molecule has 1 heterocycles. The van der Waals surface area contributed by atoms with Gasteiger partial charge in [0.25, 0.3) is 0 Å². The van der Waals surface area contributed by atoms with Crippen molar-refractivity contribution < 1.29 is 0 Å². The molecule has 0 unspecified atom stereocenters. The van der Waals surface area contributed by atoms with Crippen molar-refractivity contribution in [3.05, 3.63) is 11.6 Å². The Hall–Kier alpha value is -0.300. The molecule has 0 aromatic heterocycles. The molecule has 0 aliphatic carbocycles. The van der Waals surface area contributed by atoms with Crippen LogP contribution in [0.1, 0.15) is 47.5 Å². The normalized spacial score (nSPS) is 17.8. The molecule has 0 spiro atoms. The number of hydrogen-bond donors (Lipinski definition) is 0. The Morgan fingerprint density at radius 3 is 2.31 bits per heavy atom. The molecule has 0 amide bonds. The summed E-state index contributed by atoms with van der Waals surface area (Å²) in [6.07, 6.45) is 4.92. The molecule has 1 aliphatic rings. The van der Waals surface area contributed by atoms with E-state index >= 15 is 0 Å². The molecule has 78 valence electrons. The molecule has 0 bridgehead atoms. The van der Waals surface area contributed by atoms with Crippen LogP contribution in [0.2, 0.25) is 0 Å². The van der Waals surface area contributed by atoms with Gasteiger partial charge in [-0.3, -0.25) is 4.90 Å². The monoisotopic (exact) mass is 183 g/mol. The molecule has 0 aromatic rings. The lowest BCUT2D eigenvalue weighted by molar-refractivity contribution is 0.238. The highest BCUT2D eigenvalue weighted by Crippen LogP contribution is 2.14. The Morgan fingerprint density at radius 2 is 2.00 bits per heavy atom. The van der Waals surface area contributed by atoms with Crippen molar-refractivity contribution in [1.29, 1.82) is 0 Å². The summed E-state index contributed by atoms with van der Waals surface area (Å²) in [7, 11) is 0. The summed E-state index contributed by atoms with van der Waals surface area (Å²) in [5.41, 5.74) is 1.64. The highest BCUT2D eigenvalue weighted by atomic mass is 15.1. The molecule has 1 rings (SSSR count). The molecule has 1 nitrogen and oxygen atoms in total. The Morgan fingerprint density at radius 1 is 1.38 bits per heavy atom. The van der Waals surface area contributed by atoms with Gasteiger partial charge in [-0.2, -0.15) is 0 Å². The van der Waals surface area contributed by atoms with Gasteiger partial charge in [0.05, 0.1) is 0 Å². The largest absolute Gasteiger partial charge is 0.297 e. The SMILES string of the molecule is CC.CCC1=CCN(C(C)C)CC1. The molecule has 0 saturated carbocycles. The highest BCUT2D eigenvalue weighted by molar-refractivity contribution is 5.06. The van der Waals surface area contributed by atoms with Crippen LogP contribution < -0.4 is 0 Å². The summed E-state index contributed by atoms with van der Waals surface area (Å²) in [6, 6.07) is 0.713. The molecule has 0 N–H and O–H groups in total. The van der Waals surface area contributed by atoms with E-state index in [9.17, 15) is 0 Å². The van der Waals surface area contributed by atoms with Crippen LogP contribution in [-0.2, 0) is 0 Å². The van der Waals surface area contributed by atoms with Crippen LogP contribution in [0.15, 0.2) is 11.6 Å². The van der Waals surface area contributed by atoms with Crippen LogP contribution >= 0.6 is 0 Å². The summed E-state index contributed by atoms with van der Waals surface area (Å²) in [5.74, 6) is 0. The lowest BCUT2D eigenvalue weighted by Crippen LogP contribution is -2.34. The van der Waals surface area contributed by atoms with Gasteiger partial charge < -0.3 is 0 Å². The van der Waals surface area contributed by atoms with Gasteiger partial charge in [0.15, 0.2) is 0 Å². The first-order valence-corrected chi connectivity index (χ1v) is 5.66. The Labute approximate surface area is 83.8 Å². The first kappa shape index (κ1) is 12.7. The van der Waals surface area contributed by atoms with Gasteiger partial charge in [-0.15, -0.1) is 0 Å². The second-order valence-corrected chi connectivity index (χ2v) is 3.55. The summed E-state index contributed by atoms with van der Waals surface area (Å²) in [5, 5.41) is 0. The van der Waals surface area contributed by atoms with Crippen LogP contribution in [-0.4, -0.2) is 24.0 Å². The lowest BCUT2D eigenvalue weighted by atomic mass is 10.1. The van der Waals surface area contributed by atoms with Crippen molar-refractivity contribution in [2.45, 2.75) is 53.5 Å². The van der Waals surface area contributed by atoms with Gasteiger partial charge in [-0.1, -0.05) is 32.4 Å². The average molecular weight is 183 g/mol. The van der Waals surface area contributed by atoms with Gasteiger partial charge in [0.2, 0.25) is 0 Å². The topological polar surface area (TPSA) is 3.24 Å². The maximum Gasteiger partial charge on any atom is 0.0168 e. The zero-order chi connectivity index (χ0) is 10.3. The fourth-order valence-corrected chi connectivity index (χ4v) is 1.52. The first-order chi connectivity index (χ1) is 6.24. The quantitative estimate of drug-likeness (QED) is 0.593. The van der Waals surface area contributed by atoms with E-state index in [1.807, 2.05) is 13.8 Å². The molecule has 0 atom stereocenters. The van der Waals surface area contributed by atoms with Crippen molar-refractivity contribution in [2.75, 3.05) is 13.1 Å². The maximum atomic E-state index is 2.51. The highest BCUT2D eigenvalue weighted by Gasteiger charge is 2.12. The molecule has 0 radical (unpaired) electrons. The van der Waals surface area contributed by atoms with Crippen molar-refractivity contribution in [3.8, 4) is 0 Å². The molecule has 13 heavy (non-hydrogen) atoms. The Balaban J connectivity index is 0.000000671. The Bertz CT molecular complexity index is 147. The third-order valence-corrected chi connectivity index (χ3v) is 2.52. The minimum atomic E-state index is 0.713. The lowest BCUT2D eigenvalue weighted by Gasteiger charge is -2.29. The third kappa shape index (κ3) is 4.47. The van der Waals surface area contributed by atoms with Gasteiger partial charge in [0.1, 0.15) is 0 Å². The second kappa shape index (κ2) is 7.14. The average Bonchev–Trinajstić information content (AvgIpc) is 2.21. The van der Waals surface area contributed by atoms with Gasteiger partial charge >= 0.3 is 0 Å². The minimum Gasteiger partial charge on any atom is -0.297 e. The fourth-order valence-electron chi connectivity index (χ4n) is 1.52. The van der Waals surface area contributed by atoms with E-state index in [4.69, 9.17) is 0 Å². The predicted molar refractivity (Wildman–Crippen MR) is 61.0 cm³/mol. The van der Waals surface area contributed by atoms with Crippen molar-refractivity contribution >= 4 is 0 Å². The van der Waals surface area contributed by atoms with Crippen LogP contribution in [0.25, 0.3) is 0 Å². The maximum absolute atomic E-state index is 2.51. The van der Waals surface area contributed by atoms with Crippen molar-refractivity contribution in [2.24, 2.45) is 0 Å². The smallest absolute Gasteiger partial charge is 0.0168 e.